The van der Waals surface area contributed by atoms with E-state index in [0.29, 0.717) is 0 Å². The van der Waals surface area contributed by atoms with Crippen molar-refractivity contribution in [3.8, 4) is 0 Å². The third-order valence-electron chi connectivity index (χ3n) is 3.00. The van der Waals surface area contributed by atoms with Crippen LogP contribution in [0, 0.1) is 0 Å². The molecule has 0 saturated carbocycles. The van der Waals surface area contributed by atoms with E-state index in [2.05, 4.69) is 5.32 Å². The molecule has 3 N–H and O–H groups in total. The van der Waals surface area contributed by atoms with Gasteiger partial charge in [-0.1, -0.05) is 12.1 Å². The molecule has 2 unspecified atom stereocenters. The third-order valence-corrected chi connectivity index (χ3v) is 3.91. The monoisotopic (exact) mass is 299 g/mol. The quantitative estimate of drug-likeness (QED) is 0.826. The molecule has 6 nitrogen and oxygen atoms in total. The maximum Gasteiger partial charge on any atom is 0.238 e. The van der Waals surface area contributed by atoms with Crippen LogP contribution in [0.15, 0.2) is 29.2 Å². The van der Waals surface area contributed by atoms with Crippen LogP contribution in [-0.4, -0.2) is 39.4 Å². The number of nitrogens with zero attached hydrogens (tertiary/aromatic N) is 1. The zero-order valence-corrected chi connectivity index (χ0v) is 12.9. The highest BCUT2D eigenvalue weighted by Crippen LogP contribution is 2.17. The molecular formula is C13H21N3O3S. The number of hydrogen-bond acceptors (Lipinski definition) is 4. The van der Waals surface area contributed by atoms with Gasteiger partial charge in [0.2, 0.25) is 15.9 Å². The van der Waals surface area contributed by atoms with Crippen molar-refractivity contribution in [1.29, 1.82) is 0 Å². The highest BCUT2D eigenvalue weighted by atomic mass is 32.2. The average molecular weight is 299 g/mol. The molecule has 0 aliphatic heterocycles. The molecule has 7 heteroatoms. The molecule has 1 rings (SSSR count). The molecule has 112 valence electrons. The molecule has 0 aromatic heterocycles. The van der Waals surface area contributed by atoms with E-state index in [1.807, 2.05) is 6.92 Å². The number of carbonyl (C=O) groups is 1. The van der Waals surface area contributed by atoms with Crippen LogP contribution in [0.1, 0.15) is 25.5 Å². The van der Waals surface area contributed by atoms with Crippen molar-refractivity contribution in [2.45, 2.75) is 30.8 Å². The van der Waals surface area contributed by atoms with Gasteiger partial charge >= 0.3 is 0 Å². The first-order chi connectivity index (χ1) is 9.12. The highest BCUT2D eigenvalue weighted by Gasteiger charge is 2.18. The summed E-state index contributed by atoms with van der Waals surface area (Å²) in [6.45, 7) is 3.63. The molecule has 0 bridgehead atoms. The summed E-state index contributed by atoms with van der Waals surface area (Å²) in [5, 5.41) is 8.24. The maximum atomic E-state index is 11.8. The molecule has 0 aliphatic carbocycles. The minimum Gasteiger partial charge on any atom is -0.347 e. The first-order valence-corrected chi connectivity index (χ1v) is 7.77. The summed E-state index contributed by atoms with van der Waals surface area (Å²) in [6.07, 6.45) is 0. The molecular weight excluding hydrogens is 278 g/mol. The van der Waals surface area contributed by atoms with Crippen LogP contribution >= 0.6 is 0 Å². The summed E-state index contributed by atoms with van der Waals surface area (Å²) in [5.41, 5.74) is 0.759. The van der Waals surface area contributed by atoms with Gasteiger partial charge in [0.1, 0.15) is 0 Å². The Morgan fingerprint density at radius 3 is 2.40 bits per heavy atom. The zero-order chi connectivity index (χ0) is 15.5. The summed E-state index contributed by atoms with van der Waals surface area (Å²) in [7, 11) is -0.345. The summed E-state index contributed by atoms with van der Waals surface area (Å²) in [6, 6.07) is 5.85. The average Bonchev–Trinajstić information content (AvgIpc) is 2.36. The van der Waals surface area contributed by atoms with Crippen LogP contribution in [0.5, 0.6) is 0 Å². The molecule has 1 aromatic carbocycles. The van der Waals surface area contributed by atoms with Crippen LogP contribution < -0.4 is 10.5 Å². The van der Waals surface area contributed by atoms with Gasteiger partial charge in [0.15, 0.2) is 0 Å². The molecule has 0 heterocycles. The van der Waals surface area contributed by atoms with Crippen molar-refractivity contribution < 1.29 is 13.2 Å². The van der Waals surface area contributed by atoms with E-state index >= 15 is 0 Å². The van der Waals surface area contributed by atoms with Crippen LogP contribution in [0.2, 0.25) is 0 Å². The first-order valence-electron chi connectivity index (χ1n) is 6.23. The Bertz CT molecular complexity index is 584. The van der Waals surface area contributed by atoms with Crippen molar-refractivity contribution >= 4 is 15.9 Å². The molecule has 1 aromatic rings. The lowest BCUT2D eigenvalue weighted by molar-refractivity contribution is -0.130. The van der Waals surface area contributed by atoms with Gasteiger partial charge in [-0.25, -0.2) is 13.6 Å². The van der Waals surface area contributed by atoms with Gasteiger partial charge in [0.05, 0.1) is 10.9 Å². The van der Waals surface area contributed by atoms with E-state index in [4.69, 9.17) is 5.14 Å². The van der Waals surface area contributed by atoms with Crippen LogP contribution in [-0.2, 0) is 14.8 Å². The number of benzene rings is 1. The largest absolute Gasteiger partial charge is 0.347 e. The summed E-state index contributed by atoms with van der Waals surface area (Å²) in [4.78, 5) is 13.4. The van der Waals surface area contributed by atoms with Crippen molar-refractivity contribution in [3.05, 3.63) is 29.8 Å². The lowest BCUT2D eigenvalue weighted by Gasteiger charge is -2.22. The zero-order valence-electron chi connectivity index (χ0n) is 12.1. The number of carbonyl (C=O) groups excluding carboxylic acids is 1. The Kier molecular flexibility index (Phi) is 5.27. The second kappa shape index (κ2) is 6.34. The lowest BCUT2D eigenvalue weighted by Crippen LogP contribution is -2.42. The predicted octanol–water partition coefficient (Wildman–Crippen LogP) is 0.461. The topological polar surface area (TPSA) is 92.5 Å². The van der Waals surface area contributed by atoms with Crippen LogP contribution in [0.25, 0.3) is 0 Å². The van der Waals surface area contributed by atoms with Crippen molar-refractivity contribution in [3.63, 3.8) is 0 Å². The minimum atomic E-state index is -3.72. The fourth-order valence-electron chi connectivity index (χ4n) is 1.89. The Labute approximate surface area is 120 Å². The number of sulfonamides is 1. The van der Waals surface area contributed by atoms with E-state index in [0.717, 1.165) is 5.56 Å². The Balaban J connectivity index is 2.88. The van der Waals surface area contributed by atoms with Gasteiger partial charge in [-0.05, 0) is 31.5 Å². The number of nitrogens with two attached hydrogens (primary N) is 1. The molecule has 0 spiro atoms. The number of nitrogens with one attached hydrogen (secondary N) is 1. The normalized spacial score (nSPS) is 14.7. The fourth-order valence-corrected chi connectivity index (χ4v) is 2.46. The van der Waals surface area contributed by atoms with Gasteiger partial charge < -0.3 is 4.90 Å². The Morgan fingerprint density at radius 1 is 1.30 bits per heavy atom. The number of amides is 1. The molecule has 0 radical (unpaired) electrons. The van der Waals surface area contributed by atoms with Crippen LogP contribution in [0.4, 0.5) is 0 Å². The smallest absolute Gasteiger partial charge is 0.238 e. The third kappa shape index (κ3) is 4.29. The number of likely N-dealkylation sites (N-methyl/N-ethyl adjacent to an activating group) is 1. The number of rotatable bonds is 5. The van der Waals surface area contributed by atoms with Crippen molar-refractivity contribution in [1.82, 2.24) is 10.2 Å². The highest BCUT2D eigenvalue weighted by molar-refractivity contribution is 7.89. The Morgan fingerprint density at radius 2 is 1.90 bits per heavy atom. The predicted molar refractivity (Wildman–Crippen MR) is 77.5 cm³/mol. The van der Waals surface area contributed by atoms with Gasteiger partial charge in [0.25, 0.3) is 0 Å². The van der Waals surface area contributed by atoms with Gasteiger partial charge in [-0.15, -0.1) is 0 Å². The SMILES string of the molecule is CC(NC(C)c1cccc(S(N)(=O)=O)c1)C(=O)N(C)C. The van der Waals surface area contributed by atoms with Crippen molar-refractivity contribution in [2.75, 3.05) is 14.1 Å². The second-order valence-corrected chi connectivity index (χ2v) is 6.52. The minimum absolute atomic E-state index is 0.0422. The Hall–Kier alpha value is -1.44. The second-order valence-electron chi connectivity index (χ2n) is 4.96. The van der Waals surface area contributed by atoms with E-state index in [-0.39, 0.29) is 22.9 Å². The first kappa shape index (κ1) is 16.6. The van der Waals surface area contributed by atoms with Crippen molar-refractivity contribution in [2.24, 2.45) is 5.14 Å². The molecule has 1 amide bonds. The van der Waals surface area contributed by atoms with Gasteiger partial charge in [0, 0.05) is 20.1 Å². The van der Waals surface area contributed by atoms with E-state index in [1.54, 1.807) is 33.2 Å². The summed E-state index contributed by atoms with van der Waals surface area (Å²) < 4.78 is 22.6. The van der Waals surface area contributed by atoms with E-state index in [1.165, 1.54) is 17.0 Å². The number of primary sulfonamides is 1. The van der Waals surface area contributed by atoms with Gasteiger partial charge in [-0.3, -0.25) is 10.1 Å². The van der Waals surface area contributed by atoms with E-state index in [9.17, 15) is 13.2 Å². The molecule has 0 aliphatic rings. The molecule has 2 atom stereocenters. The van der Waals surface area contributed by atoms with Crippen LogP contribution in [0.3, 0.4) is 0 Å². The van der Waals surface area contributed by atoms with E-state index < -0.39 is 10.0 Å². The summed E-state index contributed by atoms with van der Waals surface area (Å²) in [5.74, 6) is -0.0422. The molecule has 20 heavy (non-hydrogen) atoms. The lowest BCUT2D eigenvalue weighted by atomic mass is 10.1. The molecule has 0 fully saturated rings. The van der Waals surface area contributed by atoms with Gasteiger partial charge in [-0.2, -0.15) is 0 Å². The molecule has 0 saturated heterocycles. The number of hydrogen-bond donors (Lipinski definition) is 2. The standard InChI is InChI=1S/C13H21N3O3S/c1-9(15-10(2)13(17)16(3)4)11-6-5-7-12(8-11)20(14,18)19/h5-10,15H,1-4H3,(H2,14,18,19). The fraction of sp³-hybridized carbons (Fsp3) is 0.462. The maximum absolute atomic E-state index is 11.8. The summed E-state index contributed by atoms with van der Waals surface area (Å²) >= 11 is 0.